The van der Waals surface area contributed by atoms with Crippen molar-refractivity contribution in [3.63, 3.8) is 0 Å². The SMILES string of the molecule is O=C(O)CCCCc1nc2cc(C(=O)NC3Cc4ccccc4C3)ccc2nc1-c1ccccc1. The summed E-state index contributed by atoms with van der Waals surface area (Å²) in [5, 5.41) is 12.1. The van der Waals surface area contributed by atoms with Gasteiger partial charge in [0.2, 0.25) is 0 Å². The third kappa shape index (κ3) is 5.22. The summed E-state index contributed by atoms with van der Waals surface area (Å²) in [6.45, 7) is 0. The Kier molecular flexibility index (Phi) is 6.53. The van der Waals surface area contributed by atoms with Gasteiger partial charge in [-0.1, -0.05) is 54.6 Å². The van der Waals surface area contributed by atoms with Crippen molar-refractivity contribution in [2.75, 3.05) is 0 Å². The lowest BCUT2D eigenvalue weighted by atomic mass is 10.0. The first-order valence-corrected chi connectivity index (χ1v) is 12.0. The predicted octanol–water partition coefficient (Wildman–Crippen LogP) is 4.99. The van der Waals surface area contributed by atoms with Gasteiger partial charge in [0.25, 0.3) is 5.91 Å². The number of fused-ring (bicyclic) bond motifs is 2. The summed E-state index contributed by atoms with van der Waals surface area (Å²) in [6, 6.07) is 23.7. The standard InChI is InChI=1S/C29H27N3O3/c33-27(34)13-7-6-12-25-28(19-8-2-1-3-9-19)32-24-15-14-22(18-26(24)31-25)29(35)30-23-16-20-10-4-5-11-21(20)17-23/h1-5,8-11,14-15,18,23H,6-7,12-13,16-17H2,(H,30,35)(H,33,34). The second-order valence-electron chi connectivity index (χ2n) is 9.04. The molecule has 1 heterocycles. The molecular weight excluding hydrogens is 438 g/mol. The fraction of sp³-hybridized carbons (Fsp3) is 0.241. The monoisotopic (exact) mass is 465 g/mol. The Morgan fingerprint density at radius 2 is 1.57 bits per heavy atom. The number of rotatable bonds is 8. The van der Waals surface area contributed by atoms with E-state index in [9.17, 15) is 9.59 Å². The molecule has 0 bridgehead atoms. The Hall–Kier alpha value is -4.06. The molecule has 0 unspecified atom stereocenters. The molecule has 0 saturated heterocycles. The Bertz CT molecular complexity index is 1360. The summed E-state index contributed by atoms with van der Waals surface area (Å²) < 4.78 is 0. The number of hydrogen-bond donors (Lipinski definition) is 2. The third-order valence-electron chi connectivity index (χ3n) is 6.49. The van der Waals surface area contributed by atoms with Crippen LogP contribution in [0.5, 0.6) is 0 Å². The van der Waals surface area contributed by atoms with Crippen molar-refractivity contribution in [2.45, 2.75) is 44.6 Å². The van der Waals surface area contributed by atoms with E-state index in [4.69, 9.17) is 15.1 Å². The number of carboxylic acid groups (broad SMARTS) is 1. The van der Waals surface area contributed by atoms with E-state index in [2.05, 4.69) is 17.4 Å². The lowest BCUT2D eigenvalue weighted by Gasteiger charge is -2.13. The van der Waals surface area contributed by atoms with Crippen LogP contribution in [-0.2, 0) is 24.1 Å². The molecule has 0 saturated carbocycles. The van der Waals surface area contributed by atoms with Crippen LogP contribution in [-0.4, -0.2) is 33.0 Å². The summed E-state index contributed by atoms with van der Waals surface area (Å²) in [4.78, 5) is 33.7. The van der Waals surface area contributed by atoms with Crippen LogP contribution in [0.2, 0.25) is 0 Å². The number of aryl methyl sites for hydroxylation is 1. The number of carbonyl (C=O) groups excluding carboxylic acids is 1. The molecule has 35 heavy (non-hydrogen) atoms. The fourth-order valence-corrected chi connectivity index (χ4v) is 4.73. The number of benzene rings is 3. The Morgan fingerprint density at radius 3 is 2.29 bits per heavy atom. The highest BCUT2D eigenvalue weighted by molar-refractivity contribution is 5.97. The minimum atomic E-state index is -0.793. The van der Waals surface area contributed by atoms with Crippen molar-refractivity contribution < 1.29 is 14.7 Å². The summed E-state index contributed by atoms with van der Waals surface area (Å²) in [5.74, 6) is -0.902. The van der Waals surface area contributed by atoms with Gasteiger partial charge in [0, 0.05) is 23.6 Å². The van der Waals surface area contributed by atoms with Crippen LogP contribution in [0, 0.1) is 0 Å². The van der Waals surface area contributed by atoms with E-state index in [0.717, 1.165) is 35.3 Å². The van der Waals surface area contributed by atoms with Crippen LogP contribution in [0.15, 0.2) is 72.8 Å². The number of unbranched alkanes of at least 4 members (excludes halogenated alkanes) is 1. The summed E-state index contributed by atoms with van der Waals surface area (Å²) in [5.41, 5.74) is 7.13. The average molecular weight is 466 g/mol. The minimum absolute atomic E-state index is 0.0898. The number of carbonyl (C=O) groups is 2. The van der Waals surface area contributed by atoms with Gasteiger partial charge >= 0.3 is 5.97 Å². The quantitative estimate of drug-likeness (QED) is 0.358. The number of aromatic nitrogens is 2. The molecule has 3 aromatic carbocycles. The van der Waals surface area contributed by atoms with E-state index in [1.54, 1.807) is 12.1 Å². The first kappa shape index (κ1) is 22.7. The molecule has 1 aliphatic rings. The molecule has 1 aromatic heterocycles. The summed E-state index contributed by atoms with van der Waals surface area (Å²) in [7, 11) is 0. The second-order valence-corrected chi connectivity index (χ2v) is 9.04. The van der Waals surface area contributed by atoms with E-state index in [-0.39, 0.29) is 18.4 Å². The summed E-state index contributed by atoms with van der Waals surface area (Å²) in [6.07, 6.45) is 3.73. The van der Waals surface area contributed by atoms with E-state index in [1.807, 2.05) is 48.5 Å². The van der Waals surface area contributed by atoms with Gasteiger partial charge in [0.15, 0.2) is 0 Å². The maximum absolute atomic E-state index is 13.0. The second kappa shape index (κ2) is 10.1. The van der Waals surface area contributed by atoms with Crippen molar-refractivity contribution in [2.24, 2.45) is 0 Å². The van der Waals surface area contributed by atoms with Crippen LogP contribution in [0.3, 0.4) is 0 Å². The van der Waals surface area contributed by atoms with Crippen LogP contribution in [0.4, 0.5) is 0 Å². The molecule has 5 rings (SSSR count). The van der Waals surface area contributed by atoms with Gasteiger partial charge in [-0.15, -0.1) is 0 Å². The molecule has 4 aromatic rings. The number of hydrogen-bond acceptors (Lipinski definition) is 4. The van der Waals surface area contributed by atoms with Gasteiger partial charge in [-0.25, -0.2) is 9.97 Å². The van der Waals surface area contributed by atoms with Crippen molar-refractivity contribution in [3.05, 3.63) is 95.2 Å². The Morgan fingerprint density at radius 1 is 0.857 bits per heavy atom. The van der Waals surface area contributed by atoms with Crippen molar-refractivity contribution in [3.8, 4) is 11.3 Å². The topological polar surface area (TPSA) is 92.2 Å². The highest BCUT2D eigenvalue weighted by Crippen LogP contribution is 2.26. The van der Waals surface area contributed by atoms with E-state index >= 15 is 0 Å². The molecule has 6 nitrogen and oxygen atoms in total. The maximum Gasteiger partial charge on any atom is 0.303 e. The van der Waals surface area contributed by atoms with Crippen LogP contribution in [0.25, 0.3) is 22.3 Å². The molecule has 1 aliphatic carbocycles. The molecule has 2 N–H and O–H groups in total. The molecule has 0 atom stereocenters. The molecule has 0 radical (unpaired) electrons. The minimum Gasteiger partial charge on any atom is -0.481 e. The smallest absolute Gasteiger partial charge is 0.303 e. The van der Waals surface area contributed by atoms with Gasteiger partial charge < -0.3 is 10.4 Å². The van der Waals surface area contributed by atoms with Gasteiger partial charge in [-0.3, -0.25) is 9.59 Å². The number of nitrogens with one attached hydrogen (secondary N) is 1. The molecule has 0 fully saturated rings. The van der Waals surface area contributed by atoms with Gasteiger partial charge in [0.05, 0.1) is 22.4 Å². The third-order valence-corrected chi connectivity index (χ3v) is 6.49. The number of carboxylic acids is 1. The van der Waals surface area contributed by atoms with E-state index in [1.165, 1.54) is 11.1 Å². The lowest BCUT2D eigenvalue weighted by Crippen LogP contribution is -2.35. The largest absolute Gasteiger partial charge is 0.481 e. The van der Waals surface area contributed by atoms with Crippen molar-refractivity contribution in [1.29, 1.82) is 0 Å². The highest BCUT2D eigenvalue weighted by atomic mass is 16.4. The van der Waals surface area contributed by atoms with E-state index < -0.39 is 5.97 Å². The van der Waals surface area contributed by atoms with Crippen LogP contribution >= 0.6 is 0 Å². The van der Waals surface area contributed by atoms with Crippen molar-refractivity contribution in [1.82, 2.24) is 15.3 Å². The first-order chi connectivity index (χ1) is 17.1. The number of nitrogens with zero attached hydrogens (tertiary/aromatic N) is 2. The highest BCUT2D eigenvalue weighted by Gasteiger charge is 2.23. The van der Waals surface area contributed by atoms with Crippen molar-refractivity contribution >= 4 is 22.9 Å². The summed E-state index contributed by atoms with van der Waals surface area (Å²) >= 11 is 0. The van der Waals surface area contributed by atoms with Crippen LogP contribution in [0.1, 0.15) is 46.4 Å². The Balaban J connectivity index is 1.39. The molecular formula is C29H27N3O3. The molecule has 6 heteroatoms. The lowest BCUT2D eigenvalue weighted by molar-refractivity contribution is -0.137. The van der Waals surface area contributed by atoms with Crippen LogP contribution < -0.4 is 5.32 Å². The van der Waals surface area contributed by atoms with E-state index in [0.29, 0.717) is 30.3 Å². The van der Waals surface area contributed by atoms with Gasteiger partial charge in [-0.05, 0) is 61.4 Å². The zero-order chi connectivity index (χ0) is 24.2. The zero-order valence-corrected chi connectivity index (χ0v) is 19.4. The number of amides is 1. The molecule has 1 amide bonds. The molecule has 0 aliphatic heterocycles. The number of aliphatic carboxylic acids is 1. The first-order valence-electron chi connectivity index (χ1n) is 12.0. The average Bonchev–Trinajstić information content (AvgIpc) is 3.28. The molecule has 176 valence electrons. The molecule has 0 spiro atoms. The maximum atomic E-state index is 13.0. The predicted molar refractivity (Wildman–Crippen MR) is 135 cm³/mol. The zero-order valence-electron chi connectivity index (χ0n) is 19.4. The normalized spacial score (nSPS) is 13.0. The van der Waals surface area contributed by atoms with Gasteiger partial charge in [0.1, 0.15) is 0 Å². The van der Waals surface area contributed by atoms with Gasteiger partial charge in [-0.2, -0.15) is 0 Å². The fourth-order valence-electron chi connectivity index (χ4n) is 4.73. The Labute approximate surface area is 204 Å².